The molecule has 0 bridgehead atoms. The Labute approximate surface area is 126 Å². The van der Waals surface area contributed by atoms with Crippen molar-refractivity contribution in [3.8, 4) is 0 Å². The third-order valence-corrected chi connectivity index (χ3v) is 5.21. The second-order valence-corrected chi connectivity index (χ2v) is 6.75. The minimum Gasteiger partial charge on any atom is -0.481 e. The van der Waals surface area contributed by atoms with Gasteiger partial charge in [-0.25, -0.2) is 0 Å². The predicted octanol–water partition coefficient (Wildman–Crippen LogP) is 2.00. The van der Waals surface area contributed by atoms with Crippen molar-refractivity contribution >= 4 is 11.9 Å². The number of nitrogens with zero attached hydrogens (tertiary/aromatic N) is 1. The fourth-order valence-corrected chi connectivity index (χ4v) is 3.98. The Kier molecular flexibility index (Phi) is 5.25. The summed E-state index contributed by atoms with van der Waals surface area (Å²) in [4.78, 5) is 26.2. The first-order valence-corrected chi connectivity index (χ1v) is 8.28. The zero-order chi connectivity index (χ0) is 15.5. The van der Waals surface area contributed by atoms with Crippen LogP contribution in [0.25, 0.3) is 0 Å². The number of rotatable bonds is 4. The topological polar surface area (TPSA) is 83.6 Å². The number of likely N-dealkylation sites (tertiary alicyclic amines) is 1. The largest absolute Gasteiger partial charge is 0.481 e. The van der Waals surface area contributed by atoms with Crippen molar-refractivity contribution in [3.05, 3.63) is 0 Å². The van der Waals surface area contributed by atoms with Crippen molar-refractivity contribution in [2.75, 3.05) is 13.1 Å². The molecule has 1 aliphatic carbocycles. The molecule has 120 valence electrons. The Balaban J connectivity index is 2.09. The van der Waals surface area contributed by atoms with E-state index in [9.17, 15) is 14.7 Å². The number of hydrogen-bond donors (Lipinski definition) is 2. The fourth-order valence-electron chi connectivity index (χ4n) is 3.98. The van der Waals surface area contributed by atoms with E-state index in [1.54, 1.807) is 4.90 Å². The molecule has 3 unspecified atom stereocenters. The van der Waals surface area contributed by atoms with E-state index in [2.05, 4.69) is 0 Å². The molecule has 0 radical (unpaired) electrons. The molecule has 3 N–H and O–H groups in total. The molecule has 5 heteroatoms. The molecular weight excluding hydrogens is 268 g/mol. The maximum Gasteiger partial charge on any atom is 0.311 e. The average molecular weight is 296 g/mol. The molecule has 1 saturated carbocycles. The first-order valence-electron chi connectivity index (χ1n) is 8.28. The van der Waals surface area contributed by atoms with Crippen LogP contribution in [-0.2, 0) is 9.59 Å². The molecule has 0 aromatic heterocycles. The summed E-state index contributed by atoms with van der Waals surface area (Å²) in [5.74, 6) is -0.775. The van der Waals surface area contributed by atoms with E-state index in [1.807, 2.05) is 6.92 Å². The Morgan fingerprint density at radius 3 is 2.62 bits per heavy atom. The molecule has 0 spiro atoms. The first-order chi connectivity index (χ1) is 10.00. The summed E-state index contributed by atoms with van der Waals surface area (Å²) in [6, 6.07) is -0.0569. The molecule has 1 amide bonds. The van der Waals surface area contributed by atoms with Gasteiger partial charge in [-0.05, 0) is 32.1 Å². The minimum absolute atomic E-state index is 0.0569. The van der Waals surface area contributed by atoms with Crippen molar-refractivity contribution in [2.45, 2.75) is 64.3 Å². The second-order valence-electron chi connectivity index (χ2n) is 6.75. The van der Waals surface area contributed by atoms with Crippen LogP contribution in [0.2, 0.25) is 0 Å². The number of nitrogens with two attached hydrogens (primary N) is 1. The second kappa shape index (κ2) is 6.77. The van der Waals surface area contributed by atoms with Crippen LogP contribution in [0.1, 0.15) is 58.3 Å². The number of carboxylic acid groups (broad SMARTS) is 1. The van der Waals surface area contributed by atoms with Gasteiger partial charge in [-0.1, -0.05) is 26.2 Å². The third-order valence-electron chi connectivity index (χ3n) is 5.21. The highest BCUT2D eigenvalue weighted by Crippen LogP contribution is 2.36. The van der Waals surface area contributed by atoms with Gasteiger partial charge >= 0.3 is 5.97 Å². The lowest BCUT2D eigenvalue weighted by Gasteiger charge is -2.42. The van der Waals surface area contributed by atoms with Gasteiger partial charge in [0.25, 0.3) is 0 Å². The summed E-state index contributed by atoms with van der Waals surface area (Å²) < 4.78 is 0. The van der Waals surface area contributed by atoms with Crippen molar-refractivity contribution in [2.24, 2.45) is 17.1 Å². The highest BCUT2D eigenvalue weighted by molar-refractivity contribution is 5.82. The molecule has 0 aromatic carbocycles. The van der Waals surface area contributed by atoms with E-state index in [0.717, 1.165) is 38.5 Å². The third kappa shape index (κ3) is 3.39. The van der Waals surface area contributed by atoms with Gasteiger partial charge in [-0.3, -0.25) is 9.59 Å². The summed E-state index contributed by atoms with van der Waals surface area (Å²) in [7, 11) is 0. The molecule has 2 fully saturated rings. The van der Waals surface area contributed by atoms with Crippen LogP contribution in [0.15, 0.2) is 0 Å². The van der Waals surface area contributed by atoms with E-state index in [0.29, 0.717) is 25.9 Å². The summed E-state index contributed by atoms with van der Waals surface area (Å²) >= 11 is 0. The quantitative estimate of drug-likeness (QED) is 0.831. The van der Waals surface area contributed by atoms with E-state index < -0.39 is 11.4 Å². The van der Waals surface area contributed by atoms with Crippen molar-refractivity contribution in [1.29, 1.82) is 0 Å². The molecule has 2 rings (SSSR count). The van der Waals surface area contributed by atoms with Gasteiger partial charge in [-0.2, -0.15) is 0 Å². The van der Waals surface area contributed by atoms with Gasteiger partial charge < -0.3 is 15.7 Å². The number of piperidine rings is 1. The van der Waals surface area contributed by atoms with Crippen LogP contribution in [-0.4, -0.2) is 41.0 Å². The van der Waals surface area contributed by atoms with Crippen molar-refractivity contribution in [1.82, 2.24) is 4.90 Å². The lowest BCUT2D eigenvalue weighted by atomic mass is 9.75. The number of aliphatic carboxylic acids is 1. The lowest BCUT2D eigenvalue weighted by molar-refractivity contribution is -0.156. The zero-order valence-electron chi connectivity index (χ0n) is 13.0. The number of carbonyl (C=O) groups excluding carboxylic acids is 1. The monoisotopic (exact) mass is 296 g/mol. The highest BCUT2D eigenvalue weighted by Gasteiger charge is 2.44. The molecule has 2 aliphatic rings. The van der Waals surface area contributed by atoms with Gasteiger partial charge in [0.2, 0.25) is 5.91 Å². The average Bonchev–Trinajstić information content (AvgIpc) is 2.47. The van der Waals surface area contributed by atoms with Crippen LogP contribution in [0.5, 0.6) is 0 Å². The van der Waals surface area contributed by atoms with Crippen LogP contribution in [0, 0.1) is 11.3 Å². The molecule has 21 heavy (non-hydrogen) atoms. The van der Waals surface area contributed by atoms with Crippen LogP contribution >= 0.6 is 0 Å². The molecule has 5 nitrogen and oxygen atoms in total. The van der Waals surface area contributed by atoms with Gasteiger partial charge in [-0.15, -0.1) is 0 Å². The lowest BCUT2D eigenvalue weighted by Crippen LogP contribution is -2.53. The number of hydrogen-bond acceptors (Lipinski definition) is 3. The van der Waals surface area contributed by atoms with Gasteiger partial charge in [0.1, 0.15) is 0 Å². The van der Waals surface area contributed by atoms with E-state index >= 15 is 0 Å². The van der Waals surface area contributed by atoms with E-state index in [4.69, 9.17) is 5.73 Å². The Hall–Kier alpha value is -1.10. The SMILES string of the molecule is CCCC1(C(=O)O)CCCN(C(=O)C2CCCCC2N)C1. The maximum atomic E-state index is 12.7. The van der Waals surface area contributed by atoms with Crippen molar-refractivity contribution < 1.29 is 14.7 Å². The standard InChI is InChI=1S/C16H28N2O3/c1-2-8-16(15(20)21)9-5-10-18(11-16)14(19)12-6-3-4-7-13(12)17/h12-13H,2-11,17H2,1H3,(H,20,21). The number of carboxylic acids is 1. The van der Waals surface area contributed by atoms with Gasteiger partial charge in [0, 0.05) is 19.1 Å². The van der Waals surface area contributed by atoms with Crippen LogP contribution < -0.4 is 5.73 Å². The Morgan fingerprint density at radius 2 is 2.00 bits per heavy atom. The molecule has 1 heterocycles. The van der Waals surface area contributed by atoms with E-state index in [1.165, 1.54) is 0 Å². The Morgan fingerprint density at radius 1 is 1.29 bits per heavy atom. The first kappa shape index (κ1) is 16.3. The predicted molar refractivity (Wildman–Crippen MR) is 80.7 cm³/mol. The summed E-state index contributed by atoms with van der Waals surface area (Å²) in [5.41, 5.74) is 5.36. The molecule has 1 saturated heterocycles. The zero-order valence-corrected chi connectivity index (χ0v) is 13.0. The van der Waals surface area contributed by atoms with Crippen LogP contribution in [0.4, 0.5) is 0 Å². The molecule has 3 atom stereocenters. The van der Waals surface area contributed by atoms with Gasteiger partial charge in [0.15, 0.2) is 0 Å². The van der Waals surface area contributed by atoms with E-state index in [-0.39, 0.29) is 17.9 Å². The van der Waals surface area contributed by atoms with Crippen molar-refractivity contribution in [3.63, 3.8) is 0 Å². The summed E-state index contributed by atoms with van der Waals surface area (Å²) in [6.45, 7) is 3.04. The maximum absolute atomic E-state index is 12.7. The smallest absolute Gasteiger partial charge is 0.311 e. The Bertz CT molecular complexity index is 395. The number of carbonyl (C=O) groups is 2. The fraction of sp³-hybridized carbons (Fsp3) is 0.875. The normalized spacial score (nSPS) is 33.7. The van der Waals surface area contributed by atoms with Crippen LogP contribution in [0.3, 0.4) is 0 Å². The minimum atomic E-state index is -0.755. The summed E-state index contributed by atoms with van der Waals surface area (Å²) in [6.07, 6.45) is 6.83. The summed E-state index contributed by atoms with van der Waals surface area (Å²) in [5, 5.41) is 9.62. The molecular formula is C16H28N2O3. The highest BCUT2D eigenvalue weighted by atomic mass is 16.4. The molecule has 1 aliphatic heterocycles. The van der Waals surface area contributed by atoms with Gasteiger partial charge in [0.05, 0.1) is 11.3 Å². The number of amides is 1. The molecule has 0 aromatic rings.